The average Bonchev–Trinajstić information content (AvgIpc) is 2.40. The SMILES string of the molecule is CC(=O)N1CCN(Cc2ccc(OC(F)(F)F)cc2)CC1. The van der Waals surface area contributed by atoms with Crippen LogP contribution in [-0.2, 0) is 11.3 Å². The molecular weight excluding hydrogens is 285 g/mol. The van der Waals surface area contributed by atoms with Gasteiger partial charge in [0.1, 0.15) is 5.75 Å². The highest BCUT2D eigenvalue weighted by Gasteiger charge is 2.31. The van der Waals surface area contributed by atoms with E-state index in [4.69, 9.17) is 0 Å². The van der Waals surface area contributed by atoms with Gasteiger partial charge < -0.3 is 9.64 Å². The van der Waals surface area contributed by atoms with Crippen LogP contribution in [0.1, 0.15) is 12.5 Å². The molecule has 0 bridgehead atoms. The molecule has 1 aliphatic heterocycles. The third-order valence-electron chi connectivity index (χ3n) is 3.38. The number of nitrogens with zero attached hydrogens (tertiary/aromatic N) is 2. The van der Waals surface area contributed by atoms with Gasteiger partial charge in [-0.2, -0.15) is 0 Å². The maximum absolute atomic E-state index is 12.1. The molecule has 0 unspecified atom stereocenters. The van der Waals surface area contributed by atoms with E-state index in [1.165, 1.54) is 12.1 Å². The van der Waals surface area contributed by atoms with Crippen LogP contribution in [0.4, 0.5) is 13.2 Å². The van der Waals surface area contributed by atoms with Gasteiger partial charge in [0.05, 0.1) is 0 Å². The third-order valence-corrected chi connectivity index (χ3v) is 3.38. The Labute approximate surface area is 121 Å². The van der Waals surface area contributed by atoms with Crippen molar-refractivity contribution in [1.29, 1.82) is 0 Å². The molecular formula is C14H17F3N2O2. The Morgan fingerprint density at radius 2 is 1.71 bits per heavy atom. The van der Waals surface area contributed by atoms with Crippen molar-refractivity contribution in [3.05, 3.63) is 29.8 Å². The molecule has 0 N–H and O–H groups in total. The van der Waals surface area contributed by atoms with Crippen LogP contribution in [0.3, 0.4) is 0 Å². The topological polar surface area (TPSA) is 32.8 Å². The van der Waals surface area contributed by atoms with E-state index < -0.39 is 6.36 Å². The summed E-state index contributed by atoms with van der Waals surface area (Å²) in [6.07, 6.45) is -4.66. The number of rotatable bonds is 3. The molecule has 116 valence electrons. The lowest BCUT2D eigenvalue weighted by Gasteiger charge is -2.34. The van der Waals surface area contributed by atoms with Gasteiger partial charge in [-0.25, -0.2) is 0 Å². The fraction of sp³-hybridized carbons (Fsp3) is 0.500. The lowest BCUT2D eigenvalue weighted by atomic mass is 10.2. The van der Waals surface area contributed by atoms with Gasteiger partial charge in [0.2, 0.25) is 5.91 Å². The van der Waals surface area contributed by atoms with Crippen LogP contribution in [0.15, 0.2) is 24.3 Å². The largest absolute Gasteiger partial charge is 0.573 e. The predicted octanol–water partition coefficient (Wildman–Crippen LogP) is 2.25. The monoisotopic (exact) mass is 302 g/mol. The maximum Gasteiger partial charge on any atom is 0.573 e. The standard InChI is InChI=1S/C14H17F3N2O2/c1-11(20)19-8-6-18(7-9-19)10-12-2-4-13(5-3-12)21-14(15,16)17/h2-5H,6-10H2,1H3. The molecule has 1 heterocycles. The molecule has 0 aliphatic carbocycles. The molecule has 0 atom stereocenters. The highest BCUT2D eigenvalue weighted by atomic mass is 19.4. The number of benzene rings is 1. The highest BCUT2D eigenvalue weighted by Crippen LogP contribution is 2.23. The Kier molecular flexibility index (Phi) is 4.72. The van der Waals surface area contributed by atoms with Crippen molar-refractivity contribution in [1.82, 2.24) is 9.80 Å². The first-order chi connectivity index (χ1) is 9.83. The Hall–Kier alpha value is -1.76. The van der Waals surface area contributed by atoms with Crippen LogP contribution in [0.5, 0.6) is 5.75 Å². The number of hydrogen-bond donors (Lipinski definition) is 0. The number of alkyl halides is 3. The number of carbonyl (C=O) groups is 1. The average molecular weight is 302 g/mol. The summed E-state index contributed by atoms with van der Waals surface area (Å²) in [5.41, 5.74) is 0.917. The normalized spacial score (nSPS) is 16.9. The summed E-state index contributed by atoms with van der Waals surface area (Å²) in [7, 11) is 0. The first-order valence-electron chi connectivity index (χ1n) is 6.66. The summed E-state index contributed by atoms with van der Waals surface area (Å²) in [6, 6.07) is 5.88. The van der Waals surface area contributed by atoms with Crippen LogP contribution >= 0.6 is 0 Å². The van der Waals surface area contributed by atoms with Gasteiger partial charge in [0.15, 0.2) is 0 Å². The van der Waals surface area contributed by atoms with E-state index in [0.717, 1.165) is 18.7 Å². The van der Waals surface area contributed by atoms with Crippen molar-refractivity contribution in [2.45, 2.75) is 19.8 Å². The minimum atomic E-state index is -4.66. The number of amides is 1. The van der Waals surface area contributed by atoms with E-state index in [1.807, 2.05) is 0 Å². The molecule has 1 aromatic carbocycles. The second kappa shape index (κ2) is 6.34. The fourth-order valence-corrected chi connectivity index (χ4v) is 2.28. The van der Waals surface area contributed by atoms with Gasteiger partial charge in [-0.15, -0.1) is 13.2 Å². The second-order valence-electron chi connectivity index (χ2n) is 4.97. The summed E-state index contributed by atoms with van der Waals surface area (Å²) in [5, 5.41) is 0. The summed E-state index contributed by atoms with van der Waals surface area (Å²) in [6.45, 7) is 5.10. The molecule has 1 amide bonds. The maximum atomic E-state index is 12.1. The Balaban J connectivity index is 1.85. The van der Waals surface area contributed by atoms with Gasteiger partial charge in [-0.05, 0) is 17.7 Å². The Morgan fingerprint density at radius 3 is 2.19 bits per heavy atom. The molecule has 1 fully saturated rings. The number of halogens is 3. The molecule has 2 rings (SSSR count). The second-order valence-corrected chi connectivity index (χ2v) is 4.97. The van der Waals surface area contributed by atoms with E-state index in [9.17, 15) is 18.0 Å². The minimum absolute atomic E-state index is 0.0725. The zero-order valence-electron chi connectivity index (χ0n) is 11.7. The van der Waals surface area contributed by atoms with Crippen molar-refractivity contribution in [3.8, 4) is 5.75 Å². The van der Waals surface area contributed by atoms with Crippen LogP contribution in [0, 0.1) is 0 Å². The lowest BCUT2D eigenvalue weighted by Crippen LogP contribution is -2.47. The number of carbonyl (C=O) groups excluding carboxylic acids is 1. The third kappa shape index (κ3) is 4.93. The van der Waals surface area contributed by atoms with Gasteiger partial charge in [-0.1, -0.05) is 12.1 Å². The van der Waals surface area contributed by atoms with E-state index in [-0.39, 0.29) is 11.7 Å². The van der Waals surface area contributed by atoms with Crippen molar-refractivity contribution in [2.75, 3.05) is 26.2 Å². The molecule has 1 aromatic rings. The zero-order valence-corrected chi connectivity index (χ0v) is 11.7. The fourth-order valence-electron chi connectivity index (χ4n) is 2.28. The summed E-state index contributed by atoms with van der Waals surface area (Å²) >= 11 is 0. The molecule has 0 spiro atoms. The predicted molar refractivity (Wildman–Crippen MR) is 70.7 cm³/mol. The summed E-state index contributed by atoms with van der Waals surface area (Å²) in [4.78, 5) is 15.2. The number of hydrogen-bond acceptors (Lipinski definition) is 3. The first kappa shape index (κ1) is 15.6. The Morgan fingerprint density at radius 1 is 1.14 bits per heavy atom. The van der Waals surface area contributed by atoms with Crippen molar-refractivity contribution >= 4 is 5.91 Å². The molecule has 0 aromatic heterocycles. The van der Waals surface area contributed by atoms with Crippen LogP contribution in [-0.4, -0.2) is 48.2 Å². The van der Waals surface area contributed by atoms with Gasteiger partial charge in [-0.3, -0.25) is 9.69 Å². The van der Waals surface area contributed by atoms with E-state index in [0.29, 0.717) is 19.6 Å². The van der Waals surface area contributed by atoms with E-state index >= 15 is 0 Å². The zero-order chi connectivity index (χ0) is 15.5. The van der Waals surface area contributed by atoms with Gasteiger partial charge in [0, 0.05) is 39.6 Å². The number of ether oxygens (including phenoxy) is 1. The molecule has 1 saturated heterocycles. The van der Waals surface area contributed by atoms with Crippen LogP contribution in [0.25, 0.3) is 0 Å². The lowest BCUT2D eigenvalue weighted by molar-refractivity contribution is -0.274. The van der Waals surface area contributed by atoms with Crippen LogP contribution < -0.4 is 4.74 Å². The number of piperazine rings is 1. The van der Waals surface area contributed by atoms with Crippen molar-refractivity contribution in [2.24, 2.45) is 0 Å². The molecule has 21 heavy (non-hydrogen) atoms. The quantitative estimate of drug-likeness (QED) is 0.858. The molecule has 4 nitrogen and oxygen atoms in total. The van der Waals surface area contributed by atoms with Gasteiger partial charge in [0.25, 0.3) is 0 Å². The molecule has 0 saturated carbocycles. The molecule has 7 heteroatoms. The molecule has 0 radical (unpaired) electrons. The smallest absolute Gasteiger partial charge is 0.406 e. The van der Waals surface area contributed by atoms with Crippen molar-refractivity contribution < 1.29 is 22.7 Å². The van der Waals surface area contributed by atoms with E-state index in [1.54, 1.807) is 24.0 Å². The molecule has 1 aliphatic rings. The summed E-state index contributed by atoms with van der Waals surface area (Å²) in [5.74, 6) is -0.143. The Bertz CT molecular complexity index is 480. The summed E-state index contributed by atoms with van der Waals surface area (Å²) < 4.78 is 40.0. The highest BCUT2D eigenvalue weighted by molar-refractivity contribution is 5.73. The van der Waals surface area contributed by atoms with Gasteiger partial charge >= 0.3 is 6.36 Å². The van der Waals surface area contributed by atoms with Crippen molar-refractivity contribution in [3.63, 3.8) is 0 Å². The first-order valence-corrected chi connectivity index (χ1v) is 6.66. The van der Waals surface area contributed by atoms with Crippen LogP contribution in [0.2, 0.25) is 0 Å². The van der Waals surface area contributed by atoms with E-state index in [2.05, 4.69) is 9.64 Å². The minimum Gasteiger partial charge on any atom is -0.406 e.